The van der Waals surface area contributed by atoms with E-state index >= 15 is 0 Å². The molecule has 122 valence electrons. The van der Waals surface area contributed by atoms with Gasteiger partial charge in [-0.1, -0.05) is 42.5 Å². The maximum Gasteiger partial charge on any atom is 0.0944 e. The molecule has 0 aliphatic carbocycles. The molecule has 1 aliphatic heterocycles. The highest BCUT2D eigenvalue weighted by atomic mass is 32.1. The van der Waals surface area contributed by atoms with E-state index in [0.717, 1.165) is 6.67 Å². The van der Waals surface area contributed by atoms with Gasteiger partial charge in [-0.15, -0.1) is 11.3 Å². The van der Waals surface area contributed by atoms with Crippen LogP contribution in [0.15, 0.2) is 79.0 Å². The summed E-state index contributed by atoms with van der Waals surface area (Å²) in [5.41, 5.74) is 3.77. The van der Waals surface area contributed by atoms with Gasteiger partial charge in [0, 0.05) is 44.7 Å². The Morgan fingerprint density at radius 2 is 1.56 bits per heavy atom. The third-order valence-electron chi connectivity index (χ3n) is 4.81. The quantitative estimate of drug-likeness (QED) is 0.457. The largest absolute Gasteiger partial charge is 0.355 e. The first kappa shape index (κ1) is 14.6. The van der Waals surface area contributed by atoms with Crippen molar-refractivity contribution in [3.8, 4) is 0 Å². The minimum Gasteiger partial charge on any atom is -0.355 e. The molecule has 0 bridgehead atoms. The van der Waals surface area contributed by atoms with E-state index in [2.05, 4.69) is 95.8 Å². The summed E-state index contributed by atoms with van der Waals surface area (Å²) in [5, 5.41) is 2.70. The van der Waals surface area contributed by atoms with Gasteiger partial charge in [-0.2, -0.15) is 0 Å². The van der Waals surface area contributed by atoms with Gasteiger partial charge >= 0.3 is 0 Å². The van der Waals surface area contributed by atoms with Gasteiger partial charge in [0.05, 0.1) is 12.4 Å². The Labute approximate surface area is 151 Å². The van der Waals surface area contributed by atoms with Crippen molar-refractivity contribution in [1.29, 1.82) is 0 Å². The van der Waals surface area contributed by atoms with E-state index in [9.17, 15) is 0 Å². The van der Waals surface area contributed by atoms with Crippen molar-refractivity contribution in [2.45, 2.75) is 0 Å². The number of anilines is 1. The predicted molar refractivity (Wildman–Crippen MR) is 109 cm³/mol. The highest BCUT2D eigenvalue weighted by molar-refractivity contribution is 7.25. The summed E-state index contributed by atoms with van der Waals surface area (Å²) in [6, 6.07) is 26.1. The van der Waals surface area contributed by atoms with Crippen LogP contribution >= 0.6 is 11.3 Å². The Kier molecular flexibility index (Phi) is 3.28. The third kappa shape index (κ3) is 2.39. The van der Waals surface area contributed by atoms with Gasteiger partial charge in [0.25, 0.3) is 0 Å². The van der Waals surface area contributed by atoms with Crippen LogP contribution in [0.25, 0.3) is 25.9 Å². The molecule has 3 aromatic carbocycles. The van der Waals surface area contributed by atoms with Crippen LogP contribution in [-0.2, 0) is 0 Å². The monoisotopic (exact) mass is 342 g/mol. The van der Waals surface area contributed by atoms with Gasteiger partial charge in [0.1, 0.15) is 0 Å². The molecule has 0 atom stereocenters. The molecule has 1 aliphatic rings. The summed E-state index contributed by atoms with van der Waals surface area (Å²) in [6.45, 7) is 0.877. The molecule has 2 heterocycles. The standard InChI is InChI=1S/C22H18N2S/c1-23-15-24(17-7-3-2-4-8-17)14-20(23)16-11-12-22-19(13-16)18-9-5-6-10-21(18)25-22/h2-14H,15H2,1H3. The third-order valence-corrected chi connectivity index (χ3v) is 5.97. The molecule has 0 radical (unpaired) electrons. The molecule has 1 aromatic heterocycles. The zero-order valence-corrected chi connectivity index (χ0v) is 14.8. The molecule has 0 fully saturated rings. The van der Waals surface area contributed by atoms with Gasteiger partial charge in [-0.25, -0.2) is 0 Å². The van der Waals surface area contributed by atoms with Crippen LogP contribution in [0.4, 0.5) is 5.69 Å². The fraction of sp³-hybridized carbons (Fsp3) is 0.0909. The van der Waals surface area contributed by atoms with Crippen LogP contribution in [0.5, 0.6) is 0 Å². The van der Waals surface area contributed by atoms with Crippen LogP contribution in [0.2, 0.25) is 0 Å². The van der Waals surface area contributed by atoms with E-state index in [-0.39, 0.29) is 0 Å². The van der Waals surface area contributed by atoms with Crippen LogP contribution in [0, 0.1) is 0 Å². The average Bonchev–Trinajstić information content (AvgIpc) is 3.22. The van der Waals surface area contributed by atoms with E-state index in [4.69, 9.17) is 0 Å². The van der Waals surface area contributed by atoms with Gasteiger partial charge in [0.2, 0.25) is 0 Å². The maximum atomic E-state index is 2.34. The van der Waals surface area contributed by atoms with E-state index in [1.807, 2.05) is 11.3 Å². The number of para-hydroxylation sites is 1. The summed E-state index contributed by atoms with van der Waals surface area (Å²) in [5.74, 6) is 0. The lowest BCUT2D eigenvalue weighted by molar-refractivity contribution is 0.516. The lowest BCUT2D eigenvalue weighted by atomic mass is 10.1. The van der Waals surface area contributed by atoms with Crippen molar-refractivity contribution >= 4 is 42.9 Å². The first-order valence-corrected chi connectivity index (χ1v) is 9.27. The Morgan fingerprint density at radius 1 is 0.800 bits per heavy atom. The zero-order valence-electron chi connectivity index (χ0n) is 14.0. The number of benzene rings is 3. The highest BCUT2D eigenvalue weighted by Gasteiger charge is 2.20. The second-order valence-electron chi connectivity index (χ2n) is 6.47. The van der Waals surface area contributed by atoms with Crippen molar-refractivity contribution in [2.24, 2.45) is 0 Å². The zero-order chi connectivity index (χ0) is 16.8. The van der Waals surface area contributed by atoms with E-state index < -0.39 is 0 Å². The summed E-state index contributed by atoms with van der Waals surface area (Å²) in [4.78, 5) is 4.61. The Hall–Kier alpha value is -2.78. The topological polar surface area (TPSA) is 6.48 Å². The number of nitrogens with zero attached hydrogens (tertiary/aromatic N) is 2. The van der Waals surface area contributed by atoms with Crippen LogP contribution < -0.4 is 4.90 Å². The number of hydrogen-bond acceptors (Lipinski definition) is 3. The number of thiophene rings is 1. The molecular weight excluding hydrogens is 324 g/mol. The second-order valence-corrected chi connectivity index (χ2v) is 7.55. The highest BCUT2D eigenvalue weighted by Crippen LogP contribution is 2.36. The molecule has 0 spiro atoms. The van der Waals surface area contributed by atoms with Gasteiger partial charge in [0.15, 0.2) is 0 Å². The van der Waals surface area contributed by atoms with Gasteiger partial charge in [-0.3, -0.25) is 0 Å². The van der Waals surface area contributed by atoms with E-state index in [0.29, 0.717) is 0 Å². The number of rotatable bonds is 2. The smallest absolute Gasteiger partial charge is 0.0944 e. The van der Waals surface area contributed by atoms with Gasteiger partial charge < -0.3 is 9.80 Å². The van der Waals surface area contributed by atoms with Crippen LogP contribution in [-0.4, -0.2) is 18.6 Å². The van der Waals surface area contributed by atoms with Crippen molar-refractivity contribution in [1.82, 2.24) is 4.90 Å². The number of fused-ring (bicyclic) bond motifs is 3. The van der Waals surface area contributed by atoms with Crippen molar-refractivity contribution < 1.29 is 0 Å². The molecule has 0 amide bonds. The molecular formula is C22H18N2S. The Morgan fingerprint density at radius 3 is 2.44 bits per heavy atom. The van der Waals surface area contributed by atoms with Crippen molar-refractivity contribution in [3.05, 3.63) is 84.6 Å². The van der Waals surface area contributed by atoms with Crippen molar-refractivity contribution in [2.75, 3.05) is 18.6 Å². The fourth-order valence-corrected chi connectivity index (χ4v) is 4.63. The average molecular weight is 342 g/mol. The fourth-order valence-electron chi connectivity index (χ4n) is 3.55. The molecule has 25 heavy (non-hydrogen) atoms. The first-order valence-electron chi connectivity index (χ1n) is 8.46. The second kappa shape index (κ2) is 5.64. The normalized spacial score (nSPS) is 14.5. The molecule has 0 saturated heterocycles. The summed E-state index contributed by atoms with van der Waals surface area (Å²) in [7, 11) is 2.16. The summed E-state index contributed by atoms with van der Waals surface area (Å²) < 4.78 is 2.71. The number of hydrogen-bond donors (Lipinski definition) is 0. The molecule has 0 saturated carbocycles. The van der Waals surface area contributed by atoms with E-state index in [1.165, 1.54) is 37.1 Å². The summed E-state index contributed by atoms with van der Waals surface area (Å²) in [6.07, 6.45) is 2.26. The molecule has 2 nitrogen and oxygen atoms in total. The lowest BCUT2D eigenvalue weighted by Crippen LogP contribution is -2.22. The van der Waals surface area contributed by atoms with Crippen LogP contribution in [0.1, 0.15) is 5.56 Å². The molecule has 0 N–H and O–H groups in total. The van der Waals surface area contributed by atoms with Crippen molar-refractivity contribution in [3.63, 3.8) is 0 Å². The molecule has 0 unspecified atom stereocenters. The van der Waals surface area contributed by atoms with Crippen LogP contribution in [0.3, 0.4) is 0 Å². The lowest BCUT2D eigenvalue weighted by Gasteiger charge is -2.19. The minimum absolute atomic E-state index is 0.877. The SMILES string of the molecule is CN1CN(c2ccccc2)C=C1c1ccc2sc3ccccc3c2c1. The predicted octanol–water partition coefficient (Wildman–Crippen LogP) is 5.76. The van der Waals surface area contributed by atoms with Gasteiger partial charge in [-0.05, 0) is 30.3 Å². The molecule has 3 heteroatoms. The Balaban J connectivity index is 1.61. The molecule has 4 aromatic rings. The summed E-state index contributed by atoms with van der Waals surface area (Å²) >= 11 is 1.87. The van der Waals surface area contributed by atoms with E-state index in [1.54, 1.807) is 0 Å². The maximum absolute atomic E-state index is 2.34. The first-order chi connectivity index (χ1) is 12.3. The Bertz CT molecular complexity index is 1090. The minimum atomic E-state index is 0.877. The molecule has 5 rings (SSSR count).